The maximum absolute atomic E-state index is 13.2. The lowest BCUT2D eigenvalue weighted by Crippen LogP contribution is -2.52. The SMILES string of the molecule is CCC1(C(=O)N(Cc2cccnc2)C2CC2)CCCNC1. The molecule has 2 aliphatic rings. The standard InChI is InChI=1S/C17H25N3O/c1-2-17(8-4-10-19-13-17)16(21)20(15-6-7-15)12-14-5-3-9-18-11-14/h3,5,9,11,15,19H,2,4,6-8,10,12-13H2,1H3. The van der Waals surface area contributed by atoms with Crippen LogP contribution in [0, 0.1) is 5.41 Å². The van der Waals surface area contributed by atoms with E-state index < -0.39 is 0 Å². The fourth-order valence-corrected chi connectivity index (χ4v) is 3.35. The fourth-order valence-electron chi connectivity index (χ4n) is 3.35. The van der Waals surface area contributed by atoms with E-state index in [1.165, 1.54) is 0 Å². The number of rotatable bonds is 5. The quantitative estimate of drug-likeness (QED) is 0.904. The van der Waals surface area contributed by atoms with Gasteiger partial charge in [-0.25, -0.2) is 0 Å². The molecule has 1 unspecified atom stereocenters. The van der Waals surface area contributed by atoms with Crippen LogP contribution in [0.1, 0.15) is 44.6 Å². The Morgan fingerprint density at radius 1 is 1.52 bits per heavy atom. The molecule has 2 fully saturated rings. The van der Waals surface area contributed by atoms with Crippen molar-refractivity contribution in [1.82, 2.24) is 15.2 Å². The van der Waals surface area contributed by atoms with Gasteiger partial charge in [-0.05, 0) is 50.3 Å². The maximum Gasteiger partial charge on any atom is 0.230 e. The molecular formula is C17H25N3O. The van der Waals surface area contributed by atoms with Crippen LogP contribution in [0.5, 0.6) is 0 Å². The summed E-state index contributed by atoms with van der Waals surface area (Å²) in [5, 5.41) is 3.43. The van der Waals surface area contributed by atoms with Crippen LogP contribution in [-0.4, -0.2) is 34.9 Å². The van der Waals surface area contributed by atoms with Gasteiger partial charge in [-0.2, -0.15) is 0 Å². The molecule has 21 heavy (non-hydrogen) atoms. The summed E-state index contributed by atoms with van der Waals surface area (Å²) < 4.78 is 0. The number of nitrogens with one attached hydrogen (secondary N) is 1. The fraction of sp³-hybridized carbons (Fsp3) is 0.647. The molecule has 4 heteroatoms. The number of pyridine rings is 1. The third-order valence-corrected chi connectivity index (χ3v) is 4.93. The van der Waals surface area contributed by atoms with Crippen molar-refractivity contribution >= 4 is 5.91 Å². The van der Waals surface area contributed by atoms with Crippen molar-refractivity contribution in [3.8, 4) is 0 Å². The second kappa shape index (κ2) is 6.14. The summed E-state index contributed by atoms with van der Waals surface area (Å²) in [7, 11) is 0. The van der Waals surface area contributed by atoms with Crippen LogP contribution < -0.4 is 5.32 Å². The third kappa shape index (κ3) is 3.10. The van der Waals surface area contributed by atoms with Crippen LogP contribution in [-0.2, 0) is 11.3 Å². The molecule has 1 aromatic rings. The van der Waals surface area contributed by atoms with E-state index in [0.29, 0.717) is 18.5 Å². The topological polar surface area (TPSA) is 45.2 Å². The van der Waals surface area contributed by atoms with Gasteiger partial charge in [-0.3, -0.25) is 9.78 Å². The average Bonchev–Trinajstić information content (AvgIpc) is 3.38. The summed E-state index contributed by atoms with van der Waals surface area (Å²) in [4.78, 5) is 19.5. The normalized spacial score (nSPS) is 25.6. The Balaban J connectivity index is 1.78. The Morgan fingerprint density at radius 3 is 2.95 bits per heavy atom. The Morgan fingerprint density at radius 2 is 2.38 bits per heavy atom. The summed E-state index contributed by atoms with van der Waals surface area (Å²) in [5.74, 6) is 0.351. The predicted octanol–water partition coefficient (Wildman–Crippen LogP) is 2.35. The van der Waals surface area contributed by atoms with E-state index in [1.54, 1.807) is 6.20 Å². The van der Waals surface area contributed by atoms with E-state index in [4.69, 9.17) is 0 Å². The number of amides is 1. The molecule has 1 amide bonds. The molecule has 1 aliphatic heterocycles. The molecule has 3 rings (SSSR count). The van der Waals surface area contributed by atoms with E-state index in [9.17, 15) is 4.79 Å². The lowest BCUT2D eigenvalue weighted by atomic mass is 9.77. The van der Waals surface area contributed by atoms with Crippen molar-refractivity contribution in [2.24, 2.45) is 5.41 Å². The zero-order valence-electron chi connectivity index (χ0n) is 12.8. The highest BCUT2D eigenvalue weighted by atomic mass is 16.2. The van der Waals surface area contributed by atoms with Gasteiger partial charge in [0.05, 0.1) is 5.41 Å². The van der Waals surface area contributed by atoms with E-state index in [0.717, 1.165) is 50.8 Å². The molecule has 1 N–H and O–H groups in total. The zero-order valence-corrected chi connectivity index (χ0v) is 12.8. The van der Waals surface area contributed by atoms with Gasteiger partial charge < -0.3 is 10.2 Å². The summed E-state index contributed by atoms with van der Waals surface area (Å²) in [6, 6.07) is 4.46. The Kier molecular flexibility index (Phi) is 4.24. The van der Waals surface area contributed by atoms with Crippen molar-refractivity contribution in [1.29, 1.82) is 0 Å². The van der Waals surface area contributed by atoms with Gasteiger partial charge in [-0.15, -0.1) is 0 Å². The smallest absolute Gasteiger partial charge is 0.230 e. The molecular weight excluding hydrogens is 262 g/mol. The average molecular weight is 287 g/mol. The van der Waals surface area contributed by atoms with Gasteiger partial charge in [0.25, 0.3) is 0 Å². The van der Waals surface area contributed by atoms with Crippen LogP contribution in [0.4, 0.5) is 0 Å². The van der Waals surface area contributed by atoms with Gasteiger partial charge in [-0.1, -0.05) is 13.0 Å². The van der Waals surface area contributed by atoms with E-state index in [2.05, 4.69) is 28.2 Å². The van der Waals surface area contributed by atoms with Crippen molar-refractivity contribution in [2.75, 3.05) is 13.1 Å². The summed E-state index contributed by atoms with van der Waals surface area (Å²) in [6.07, 6.45) is 9.01. The molecule has 0 spiro atoms. The number of nitrogens with zero attached hydrogens (tertiary/aromatic N) is 2. The molecule has 1 saturated heterocycles. The van der Waals surface area contributed by atoms with Gasteiger partial charge >= 0.3 is 0 Å². The van der Waals surface area contributed by atoms with Gasteiger partial charge in [0.1, 0.15) is 0 Å². The zero-order chi connectivity index (χ0) is 14.7. The first-order valence-electron chi connectivity index (χ1n) is 8.16. The molecule has 114 valence electrons. The number of aromatic nitrogens is 1. The predicted molar refractivity (Wildman–Crippen MR) is 82.6 cm³/mol. The maximum atomic E-state index is 13.2. The first-order valence-corrected chi connectivity index (χ1v) is 8.16. The monoisotopic (exact) mass is 287 g/mol. The number of hydrogen-bond donors (Lipinski definition) is 1. The number of piperidine rings is 1. The minimum Gasteiger partial charge on any atom is -0.335 e. The van der Waals surface area contributed by atoms with Crippen molar-refractivity contribution in [3.63, 3.8) is 0 Å². The minimum absolute atomic E-state index is 0.191. The van der Waals surface area contributed by atoms with E-state index in [1.807, 2.05) is 12.3 Å². The van der Waals surface area contributed by atoms with Gasteiger partial charge in [0.2, 0.25) is 5.91 Å². The highest BCUT2D eigenvalue weighted by molar-refractivity contribution is 5.83. The Hall–Kier alpha value is -1.42. The van der Waals surface area contributed by atoms with Gasteiger partial charge in [0, 0.05) is 31.5 Å². The molecule has 0 bridgehead atoms. The molecule has 0 radical (unpaired) electrons. The summed E-state index contributed by atoms with van der Waals surface area (Å²) in [5.41, 5.74) is 0.941. The molecule has 4 nitrogen and oxygen atoms in total. The summed E-state index contributed by atoms with van der Waals surface area (Å²) >= 11 is 0. The lowest BCUT2D eigenvalue weighted by Gasteiger charge is -2.39. The third-order valence-electron chi connectivity index (χ3n) is 4.93. The van der Waals surface area contributed by atoms with E-state index in [-0.39, 0.29) is 5.41 Å². The minimum atomic E-state index is -0.191. The molecule has 1 aromatic heterocycles. The molecule has 0 aromatic carbocycles. The van der Waals surface area contributed by atoms with Crippen molar-refractivity contribution < 1.29 is 4.79 Å². The summed E-state index contributed by atoms with van der Waals surface area (Å²) in [6.45, 7) is 4.73. The molecule has 2 heterocycles. The van der Waals surface area contributed by atoms with Crippen LogP contribution in [0.15, 0.2) is 24.5 Å². The largest absolute Gasteiger partial charge is 0.335 e. The number of hydrogen-bond acceptors (Lipinski definition) is 3. The first kappa shape index (κ1) is 14.5. The first-order chi connectivity index (χ1) is 10.2. The lowest BCUT2D eigenvalue weighted by molar-refractivity contribution is -0.145. The van der Waals surface area contributed by atoms with Crippen molar-refractivity contribution in [2.45, 2.75) is 51.6 Å². The second-order valence-electron chi connectivity index (χ2n) is 6.44. The van der Waals surface area contributed by atoms with Crippen molar-refractivity contribution in [3.05, 3.63) is 30.1 Å². The molecule has 1 saturated carbocycles. The van der Waals surface area contributed by atoms with Crippen LogP contribution in [0.25, 0.3) is 0 Å². The Labute approximate surface area is 126 Å². The molecule has 1 atom stereocenters. The van der Waals surface area contributed by atoms with Gasteiger partial charge in [0.15, 0.2) is 0 Å². The van der Waals surface area contributed by atoms with E-state index >= 15 is 0 Å². The second-order valence-corrected chi connectivity index (χ2v) is 6.44. The highest BCUT2D eigenvalue weighted by Gasteiger charge is 2.44. The Bertz CT molecular complexity index is 478. The number of carbonyl (C=O) groups excluding carboxylic acids is 1. The van der Waals surface area contributed by atoms with Crippen LogP contribution in [0.3, 0.4) is 0 Å². The van der Waals surface area contributed by atoms with Crippen LogP contribution >= 0.6 is 0 Å². The highest BCUT2D eigenvalue weighted by Crippen LogP contribution is 2.37. The van der Waals surface area contributed by atoms with Crippen LogP contribution in [0.2, 0.25) is 0 Å². The molecule has 1 aliphatic carbocycles. The number of carbonyl (C=O) groups is 1.